The Morgan fingerprint density at radius 2 is 1.75 bits per heavy atom. The van der Waals surface area contributed by atoms with Crippen LogP contribution < -0.4 is 15.5 Å². The monoisotopic (exact) mass is 445 g/mol. The molecule has 174 valence electrons. The van der Waals surface area contributed by atoms with Crippen molar-refractivity contribution in [1.29, 1.82) is 0 Å². The quantitative estimate of drug-likeness (QED) is 0.593. The van der Waals surface area contributed by atoms with Crippen molar-refractivity contribution in [1.82, 2.24) is 20.4 Å². The van der Waals surface area contributed by atoms with Crippen LogP contribution in [0.4, 0.5) is 10.5 Å². The topological polar surface area (TPSA) is 111 Å². The summed E-state index contributed by atoms with van der Waals surface area (Å²) in [5.74, 6) is -0.780. The van der Waals surface area contributed by atoms with Crippen LogP contribution in [0.15, 0.2) is 30.3 Å². The number of hydrogen-bond acceptors (Lipinski definition) is 6. The SMILES string of the molecule is CCNC(=O)CN1CN(c2ccccc2)C2(CCN(C(=O)NCC(=O)OCC)CC2)C1=O. The van der Waals surface area contributed by atoms with E-state index in [1.54, 1.807) is 16.7 Å². The van der Waals surface area contributed by atoms with Crippen LogP contribution in [0.3, 0.4) is 0 Å². The maximum absolute atomic E-state index is 13.5. The van der Waals surface area contributed by atoms with Crippen LogP contribution in [0.1, 0.15) is 26.7 Å². The second kappa shape index (κ2) is 10.3. The lowest BCUT2D eigenvalue weighted by Crippen LogP contribution is -2.58. The van der Waals surface area contributed by atoms with E-state index in [1.165, 1.54) is 0 Å². The summed E-state index contributed by atoms with van der Waals surface area (Å²) >= 11 is 0. The number of nitrogens with one attached hydrogen (secondary N) is 2. The Morgan fingerprint density at radius 3 is 2.38 bits per heavy atom. The van der Waals surface area contributed by atoms with Gasteiger partial charge in [-0.25, -0.2) is 4.79 Å². The van der Waals surface area contributed by atoms with E-state index in [9.17, 15) is 19.2 Å². The van der Waals surface area contributed by atoms with E-state index in [2.05, 4.69) is 10.6 Å². The van der Waals surface area contributed by atoms with Crippen LogP contribution in [0.25, 0.3) is 0 Å². The zero-order valence-corrected chi connectivity index (χ0v) is 18.6. The highest BCUT2D eigenvalue weighted by atomic mass is 16.5. The summed E-state index contributed by atoms with van der Waals surface area (Å²) in [6.07, 6.45) is 0.860. The normalized spacial score (nSPS) is 17.4. The van der Waals surface area contributed by atoms with E-state index in [4.69, 9.17) is 4.74 Å². The van der Waals surface area contributed by atoms with Crippen LogP contribution >= 0.6 is 0 Å². The zero-order chi connectivity index (χ0) is 23.1. The third-order valence-corrected chi connectivity index (χ3v) is 5.86. The molecule has 3 rings (SSSR count). The zero-order valence-electron chi connectivity index (χ0n) is 18.6. The van der Waals surface area contributed by atoms with Crippen LogP contribution in [0.5, 0.6) is 0 Å². The molecule has 10 nitrogen and oxygen atoms in total. The molecule has 0 aliphatic carbocycles. The minimum Gasteiger partial charge on any atom is -0.465 e. The van der Waals surface area contributed by atoms with Gasteiger partial charge in [-0.3, -0.25) is 14.4 Å². The van der Waals surface area contributed by atoms with E-state index >= 15 is 0 Å². The second-order valence-corrected chi connectivity index (χ2v) is 7.84. The minimum atomic E-state index is -0.814. The molecule has 0 radical (unpaired) electrons. The van der Waals surface area contributed by atoms with Crippen molar-refractivity contribution in [2.75, 3.05) is 50.9 Å². The summed E-state index contributed by atoms with van der Waals surface area (Å²) in [7, 11) is 0. The van der Waals surface area contributed by atoms with Crippen molar-refractivity contribution in [2.24, 2.45) is 0 Å². The fourth-order valence-corrected chi connectivity index (χ4v) is 4.30. The Bertz CT molecular complexity index is 838. The Balaban J connectivity index is 1.72. The van der Waals surface area contributed by atoms with Crippen molar-refractivity contribution in [2.45, 2.75) is 32.2 Å². The summed E-state index contributed by atoms with van der Waals surface area (Å²) in [5, 5.41) is 5.31. The third kappa shape index (κ3) is 4.95. The maximum Gasteiger partial charge on any atom is 0.325 e. The number of amides is 4. The number of anilines is 1. The van der Waals surface area contributed by atoms with Gasteiger partial charge in [0.15, 0.2) is 0 Å². The Kier molecular flexibility index (Phi) is 7.55. The summed E-state index contributed by atoms with van der Waals surface area (Å²) in [5.41, 5.74) is 0.0886. The van der Waals surface area contributed by atoms with Gasteiger partial charge in [-0.2, -0.15) is 0 Å². The van der Waals surface area contributed by atoms with E-state index < -0.39 is 11.5 Å². The molecule has 2 N–H and O–H groups in total. The Labute approximate surface area is 187 Å². The molecule has 1 spiro atoms. The first kappa shape index (κ1) is 23.4. The Hall–Kier alpha value is -3.30. The fraction of sp³-hybridized carbons (Fsp3) is 0.545. The number of ether oxygens (including phenoxy) is 1. The molecule has 0 saturated carbocycles. The molecule has 0 bridgehead atoms. The van der Waals surface area contributed by atoms with E-state index in [0.717, 1.165) is 5.69 Å². The molecule has 0 aromatic heterocycles. The molecule has 1 aromatic rings. The number of esters is 1. The molecule has 2 fully saturated rings. The number of carbonyl (C=O) groups is 4. The number of rotatable bonds is 7. The number of nitrogens with zero attached hydrogens (tertiary/aromatic N) is 3. The molecule has 2 saturated heterocycles. The highest BCUT2D eigenvalue weighted by Gasteiger charge is 2.54. The van der Waals surface area contributed by atoms with Gasteiger partial charge in [0.25, 0.3) is 5.91 Å². The van der Waals surface area contributed by atoms with Crippen LogP contribution in [-0.4, -0.2) is 85.2 Å². The molecule has 32 heavy (non-hydrogen) atoms. The van der Waals surface area contributed by atoms with E-state index in [0.29, 0.717) is 39.1 Å². The summed E-state index contributed by atoms with van der Waals surface area (Å²) < 4.78 is 4.83. The molecular formula is C22H31N5O5. The molecule has 0 unspecified atom stereocenters. The minimum absolute atomic E-state index is 0.00149. The van der Waals surface area contributed by atoms with E-state index in [-0.39, 0.29) is 37.5 Å². The molecule has 10 heteroatoms. The third-order valence-electron chi connectivity index (χ3n) is 5.86. The van der Waals surface area contributed by atoms with Gasteiger partial charge in [-0.05, 0) is 38.8 Å². The number of carbonyl (C=O) groups excluding carboxylic acids is 4. The van der Waals surface area contributed by atoms with Crippen molar-refractivity contribution in [3.8, 4) is 0 Å². The highest BCUT2D eigenvalue weighted by Crippen LogP contribution is 2.39. The van der Waals surface area contributed by atoms with Crippen LogP contribution in [-0.2, 0) is 19.1 Å². The van der Waals surface area contributed by atoms with Crippen molar-refractivity contribution >= 4 is 29.5 Å². The number of likely N-dealkylation sites (N-methyl/N-ethyl adjacent to an activating group) is 1. The van der Waals surface area contributed by atoms with Crippen LogP contribution in [0, 0.1) is 0 Å². The van der Waals surface area contributed by atoms with Crippen molar-refractivity contribution in [3.05, 3.63) is 30.3 Å². The largest absolute Gasteiger partial charge is 0.465 e. The number of likely N-dealkylation sites (tertiary alicyclic amines) is 1. The molecule has 2 aliphatic heterocycles. The first-order chi connectivity index (χ1) is 15.4. The molecule has 4 amide bonds. The van der Waals surface area contributed by atoms with Crippen molar-refractivity contribution in [3.63, 3.8) is 0 Å². The second-order valence-electron chi connectivity index (χ2n) is 7.84. The first-order valence-corrected chi connectivity index (χ1v) is 11.0. The van der Waals surface area contributed by atoms with Gasteiger partial charge in [-0.15, -0.1) is 0 Å². The highest BCUT2D eigenvalue weighted by molar-refractivity contribution is 5.96. The smallest absolute Gasteiger partial charge is 0.325 e. The van der Waals surface area contributed by atoms with Gasteiger partial charge in [0, 0.05) is 25.3 Å². The lowest BCUT2D eigenvalue weighted by atomic mass is 9.85. The number of hydrogen-bond donors (Lipinski definition) is 2. The van der Waals surface area contributed by atoms with Gasteiger partial charge < -0.3 is 30.1 Å². The fourth-order valence-electron chi connectivity index (χ4n) is 4.30. The predicted octanol–water partition coefficient (Wildman–Crippen LogP) is 0.536. The lowest BCUT2D eigenvalue weighted by Gasteiger charge is -2.43. The lowest BCUT2D eigenvalue weighted by molar-refractivity contribution is -0.141. The average molecular weight is 446 g/mol. The van der Waals surface area contributed by atoms with Gasteiger partial charge in [-0.1, -0.05) is 18.2 Å². The Morgan fingerprint density at radius 1 is 1.06 bits per heavy atom. The summed E-state index contributed by atoms with van der Waals surface area (Å²) in [4.78, 5) is 54.8. The van der Waals surface area contributed by atoms with Crippen molar-refractivity contribution < 1.29 is 23.9 Å². The van der Waals surface area contributed by atoms with E-state index in [1.807, 2.05) is 42.2 Å². The molecule has 0 atom stereocenters. The van der Waals surface area contributed by atoms with Crippen LogP contribution in [0.2, 0.25) is 0 Å². The van der Waals surface area contributed by atoms with Gasteiger partial charge in [0.05, 0.1) is 13.3 Å². The number of urea groups is 1. The molecular weight excluding hydrogens is 414 g/mol. The number of para-hydroxylation sites is 1. The van der Waals surface area contributed by atoms with Gasteiger partial charge >= 0.3 is 12.0 Å². The summed E-state index contributed by atoms with van der Waals surface area (Å²) in [6, 6.07) is 9.28. The number of piperidine rings is 1. The molecule has 1 aromatic carbocycles. The predicted molar refractivity (Wildman–Crippen MR) is 118 cm³/mol. The first-order valence-electron chi connectivity index (χ1n) is 11.0. The number of benzene rings is 1. The average Bonchev–Trinajstić information content (AvgIpc) is 3.05. The summed E-state index contributed by atoms with van der Waals surface area (Å²) in [6.45, 7) is 5.15. The molecule has 2 heterocycles. The van der Waals surface area contributed by atoms with Gasteiger partial charge in [0.1, 0.15) is 18.6 Å². The standard InChI is InChI=1S/C22H31N5O5/c1-3-23-18(28)15-26-16-27(17-8-6-5-7-9-17)22(20(26)30)10-12-25(13-11-22)21(31)24-14-19(29)32-4-2/h5-9H,3-4,10-16H2,1-2H3,(H,23,28)(H,24,31). The van der Waals surface area contributed by atoms with Gasteiger partial charge in [0.2, 0.25) is 5.91 Å². The molecule has 2 aliphatic rings. The maximum atomic E-state index is 13.5.